The van der Waals surface area contributed by atoms with Gasteiger partial charge in [0, 0.05) is 30.9 Å². The van der Waals surface area contributed by atoms with Gasteiger partial charge < -0.3 is 10.2 Å². The summed E-state index contributed by atoms with van der Waals surface area (Å²) in [6.07, 6.45) is 4.21. The molecule has 0 aromatic carbocycles. The van der Waals surface area contributed by atoms with E-state index in [-0.39, 0.29) is 18.3 Å². The van der Waals surface area contributed by atoms with E-state index in [4.69, 9.17) is 0 Å². The number of aromatic nitrogens is 2. The van der Waals surface area contributed by atoms with Gasteiger partial charge in [-0.2, -0.15) is 5.10 Å². The van der Waals surface area contributed by atoms with Gasteiger partial charge in [0.2, 0.25) is 0 Å². The molecule has 3 rings (SSSR count). The molecule has 1 aromatic rings. The van der Waals surface area contributed by atoms with Crippen LogP contribution in [0.2, 0.25) is 0 Å². The predicted molar refractivity (Wildman–Crippen MR) is 71.3 cm³/mol. The lowest BCUT2D eigenvalue weighted by molar-refractivity contribution is 0.0759. The molecule has 0 spiro atoms. The lowest BCUT2D eigenvalue weighted by atomic mass is 10.2. The van der Waals surface area contributed by atoms with E-state index in [1.165, 1.54) is 5.69 Å². The molecule has 2 N–H and O–H groups in total. The molecular formula is C12H19ClN4O. The Labute approximate surface area is 113 Å². The number of rotatable bonds is 1. The topological polar surface area (TPSA) is 61.0 Å². The van der Waals surface area contributed by atoms with E-state index >= 15 is 0 Å². The Morgan fingerprint density at radius 2 is 2.06 bits per heavy atom. The number of carbonyl (C=O) groups excluding carboxylic acids is 1. The van der Waals surface area contributed by atoms with Gasteiger partial charge in [0.25, 0.3) is 5.91 Å². The van der Waals surface area contributed by atoms with Gasteiger partial charge in [-0.3, -0.25) is 9.89 Å². The molecule has 1 aromatic heterocycles. The Morgan fingerprint density at radius 1 is 1.17 bits per heavy atom. The molecule has 1 aliphatic carbocycles. The van der Waals surface area contributed by atoms with Crippen LogP contribution in [0.15, 0.2) is 0 Å². The molecule has 1 amide bonds. The minimum Gasteiger partial charge on any atom is -0.336 e. The van der Waals surface area contributed by atoms with E-state index < -0.39 is 0 Å². The van der Waals surface area contributed by atoms with Crippen LogP contribution in [0, 0.1) is 0 Å². The maximum absolute atomic E-state index is 12.4. The van der Waals surface area contributed by atoms with Gasteiger partial charge in [-0.1, -0.05) is 0 Å². The van der Waals surface area contributed by atoms with Crippen molar-refractivity contribution >= 4 is 18.3 Å². The van der Waals surface area contributed by atoms with Crippen molar-refractivity contribution in [1.29, 1.82) is 0 Å². The fraction of sp³-hybridized carbons (Fsp3) is 0.667. The Bertz CT molecular complexity index is 424. The SMILES string of the molecule is Cl.O=C(c1n[nH]c2c1CCC2)N1CCCNCC1. The standard InChI is InChI=1S/C12H18N4O.ClH/c17-12(16-7-2-5-13-6-8-16)11-9-3-1-4-10(9)14-15-11;/h13H,1-8H2,(H,14,15);1H. The van der Waals surface area contributed by atoms with Gasteiger partial charge >= 0.3 is 0 Å². The summed E-state index contributed by atoms with van der Waals surface area (Å²) in [6, 6.07) is 0. The number of hydrogen-bond donors (Lipinski definition) is 2. The number of hydrogen-bond acceptors (Lipinski definition) is 3. The van der Waals surface area contributed by atoms with Crippen LogP contribution in [0.4, 0.5) is 0 Å². The Kier molecular flexibility index (Phi) is 4.24. The molecule has 0 saturated carbocycles. The van der Waals surface area contributed by atoms with Crippen molar-refractivity contribution in [2.45, 2.75) is 25.7 Å². The average molecular weight is 271 g/mol. The second-order valence-electron chi connectivity index (χ2n) is 4.78. The fourth-order valence-electron chi connectivity index (χ4n) is 2.69. The lowest BCUT2D eigenvalue weighted by Gasteiger charge is -2.19. The van der Waals surface area contributed by atoms with Gasteiger partial charge in [-0.15, -0.1) is 12.4 Å². The molecular weight excluding hydrogens is 252 g/mol. The van der Waals surface area contributed by atoms with Crippen LogP contribution in [-0.4, -0.2) is 47.2 Å². The third kappa shape index (κ3) is 2.37. The number of aryl methyl sites for hydroxylation is 1. The summed E-state index contributed by atoms with van der Waals surface area (Å²) in [5.41, 5.74) is 2.99. The molecule has 5 nitrogen and oxygen atoms in total. The van der Waals surface area contributed by atoms with Crippen molar-refractivity contribution in [3.05, 3.63) is 17.0 Å². The first-order valence-corrected chi connectivity index (χ1v) is 6.42. The van der Waals surface area contributed by atoms with Crippen LogP contribution in [0.1, 0.15) is 34.6 Å². The summed E-state index contributed by atoms with van der Waals surface area (Å²) < 4.78 is 0. The van der Waals surface area contributed by atoms with Crippen molar-refractivity contribution in [1.82, 2.24) is 20.4 Å². The number of fused-ring (bicyclic) bond motifs is 1. The Hall–Kier alpha value is -1.07. The molecule has 0 unspecified atom stereocenters. The largest absolute Gasteiger partial charge is 0.336 e. The van der Waals surface area contributed by atoms with Crippen molar-refractivity contribution < 1.29 is 4.79 Å². The van der Waals surface area contributed by atoms with E-state index in [9.17, 15) is 4.79 Å². The van der Waals surface area contributed by atoms with Crippen LogP contribution in [0.25, 0.3) is 0 Å². The normalized spacial score (nSPS) is 19.0. The molecule has 0 radical (unpaired) electrons. The quantitative estimate of drug-likeness (QED) is 0.792. The van der Waals surface area contributed by atoms with Crippen LogP contribution < -0.4 is 5.32 Å². The van der Waals surface area contributed by atoms with Gasteiger partial charge in [-0.05, 0) is 32.2 Å². The van der Waals surface area contributed by atoms with Crippen LogP contribution in [-0.2, 0) is 12.8 Å². The highest BCUT2D eigenvalue weighted by atomic mass is 35.5. The zero-order valence-electron chi connectivity index (χ0n) is 10.4. The summed E-state index contributed by atoms with van der Waals surface area (Å²) in [6.45, 7) is 3.52. The number of nitrogens with one attached hydrogen (secondary N) is 2. The van der Waals surface area contributed by atoms with Gasteiger partial charge in [-0.25, -0.2) is 0 Å². The molecule has 1 fully saturated rings. The van der Waals surface area contributed by atoms with Crippen LogP contribution in [0.3, 0.4) is 0 Å². The van der Waals surface area contributed by atoms with Crippen molar-refractivity contribution in [2.24, 2.45) is 0 Å². The first kappa shape index (κ1) is 13.4. The number of amides is 1. The smallest absolute Gasteiger partial charge is 0.274 e. The molecule has 6 heteroatoms. The summed E-state index contributed by atoms with van der Waals surface area (Å²) in [5.74, 6) is 0.105. The minimum atomic E-state index is 0. The molecule has 2 aliphatic rings. The van der Waals surface area contributed by atoms with E-state index in [2.05, 4.69) is 15.5 Å². The molecule has 0 atom stereocenters. The monoisotopic (exact) mass is 270 g/mol. The summed E-state index contributed by atoms with van der Waals surface area (Å²) in [7, 11) is 0. The van der Waals surface area contributed by atoms with Gasteiger partial charge in [0.15, 0.2) is 5.69 Å². The third-order valence-electron chi connectivity index (χ3n) is 3.64. The fourth-order valence-corrected chi connectivity index (χ4v) is 2.69. The van der Waals surface area contributed by atoms with E-state index in [1.807, 2.05) is 4.90 Å². The highest BCUT2D eigenvalue weighted by molar-refractivity contribution is 5.94. The maximum Gasteiger partial charge on any atom is 0.274 e. The van der Waals surface area contributed by atoms with Crippen LogP contribution in [0.5, 0.6) is 0 Å². The maximum atomic E-state index is 12.4. The van der Waals surface area contributed by atoms with E-state index in [1.54, 1.807) is 0 Å². The zero-order chi connectivity index (χ0) is 11.7. The predicted octanol–water partition coefficient (Wildman–Crippen LogP) is 0.756. The summed E-state index contributed by atoms with van der Waals surface area (Å²) in [4.78, 5) is 14.3. The van der Waals surface area contributed by atoms with Crippen molar-refractivity contribution in [3.8, 4) is 0 Å². The second-order valence-corrected chi connectivity index (χ2v) is 4.78. The third-order valence-corrected chi connectivity index (χ3v) is 3.64. The van der Waals surface area contributed by atoms with E-state index in [0.717, 1.165) is 57.4 Å². The molecule has 0 bridgehead atoms. The number of aromatic amines is 1. The highest BCUT2D eigenvalue weighted by Gasteiger charge is 2.26. The number of carbonyl (C=O) groups is 1. The lowest BCUT2D eigenvalue weighted by Crippen LogP contribution is -2.34. The van der Waals surface area contributed by atoms with E-state index in [0.29, 0.717) is 5.69 Å². The molecule has 1 aliphatic heterocycles. The Morgan fingerprint density at radius 3 is 2.94 bits per heavy atom. The van der Waals surface area contributed by atoms with Crippen LogP contribution >= 0.6 is 12.4 Å². The number of H-pyrrole nitrogens is 1. The summed E-state index contributed by atoms with van der Waals surface area (Å²) in [5, 5.41) is 10.5. The highest BCUT2D eigenvalue weighted by Crippen LogP contribution is 2.23. The molecule has 2 heterocycles. The average Bonchev–Trinajstić information content (AvgIpc) is 2.82. The van der Waals surface area contributed by atoms with Crippen molar-refractivity contribution in [3.63, 3.8) is 0 Å². The number of halogens is 1. The van der Waals surface area contributed by atoms with Gasteiger partial charge in [0.05, 0.1) is 0 Å². The number of nitrogens with zero attached hydrogens (tertiary/aromatic N) is 2. The first-order chi connectivity index (χ1) is 8.36. The summed E-state index contributed by atoms with van der Waals surface area (Å²) >= 11 is 0. The Balaban J connectivity index is 0.00000120. The molecule has 18 heavy (non-hydrogen) atoms. The minimum absolute atomic E-state index is 0. The molecule has 100 valence electrons. The zero-order valence-corrected chi connectivity index (χ0v) is 11.2. The first-order valence-electron chi connectivity index (χ1n) is 6.42. The van der Waals surface area contributed by atoms with Gasteiger partial charge in [0.1, 0.15) is 0 Å². The van der Waals surface area contributed by atoms with Crippen molar-refractivity contribution in [2.75, 3.05) is 26.2 Å². The molecule has 1 saturated heterocycles. The second kappa shape index (κ2) is 5.71.